The third kappa shape index (κ3) is 4.03. The van der Waals surface area contributed by atoms with Crippen LogP contribution in [0.5, 0.6) is 0 Å². The van der Waals surface area contributed by atoms with Crippen LogP contribution in [0.25, 0.3) is 0 Å². The van der Waals surface area contributed by atoms with Crippen molar-refractivity contribution < 1.29 is 8.76 Å². The monoisotopic (exact) mass is 96.0 g/mol. The summed E-state index contributed by atoms with van der Waals surface area (Å²) in [4.78, 5) is 1.56. The van der Waals surface area contributed by atoms with Gasteiger partial charge in [0.25, 0.3) is 0 Å². The number of hydrogen-bond donors (Lipinski definition) is 3. The Kier molecular flexibility index (Phi) is 2.29. The molecule has 0 heterocycles. The smallest absolute Gasteiger partial charge is 0.245 e. The summed E-state index contributed by atoms with van der Waals surface area (Å²) < 4.78 is 16.8. The molecule has 0 saturated heterocycles. The standard InChI is InChI=1S/H4N2O2S/c1-2-5(3)4/h2H,1H2,(H,3,4). The molecule has 4 nitrogen and oxygen atoms in total. The third-order valence-electron chi connectivity index (χ3n) is 0.101. The zero-order chi connectivity index (χ0) is 4.28. The number of hydrazine groups is 1. The SMILES string of the molecule is NNS(=O)O. The van der Waals surface area contributed by atoms with Crippen LogP contribution in [0.1, 0.15) is 0 Å². The zero-order valence-electron chi connectivity index (χ0n) is 2.34. The van der Waals surface area contributed by atoms with Gasteiger partial charge in [-0.25, -0.2) is 4.21 Å². The van der Waals surface area contributed by atoms with E-state index in [0.29, 0.717) is 0 Å². The average Bonchev–Trinajstić information content (AvgIpc) is 1.38. The maximum Gasteiger partial charge on any atom is 0.245 e. The van der Waals surface area contributed by atoms with E-state index in [-0.39, 0.29) is 0 Å². The van der Waals surface area contributed by atoms with E-state index < -0.39 is 11.3 Å². The molecular weight excluding hydrogens is 92.1 g/mol. The van der Waals surface area contributed by atoms with Crippen molar-refractivity contribution in [3.63, 3.8) is 0 Å². The molecule has 0 aromatic heterocycles. The minimum atomic E-state index is -2.04. The molecule has 0 aromatic rings. The van der Waals surface area contributed by atoms with Gasteiger partial charge >= 0.3 is 0 Å². The van der Waals surface area contributed by atoms with E-state index >= 15 is 0 Å². The van der Waals surface area contributed by atoms with E-state index in [9.17, 15) is 4.21 Å². The van der Waals surface area contributed by atoms with E-state index in [1.807, 2.05) is 0 Å². The maximum absolute atomic E-state index is 9.24. The van der Waals surface area contributed by atoms with E-state index in [1.54, 1.807) is 4.83 Å². The van der Waals surface area contributed by atoms with Crippen LogP contribution >= 0.6 is 0 Å². The van der Waals surface area contributed by atoms with Crippen LogP contribution in [0.2, 0.25) is 0 Å². The second-order valence-corrected chi connectivity index (χ2v) is 1.10. The first-order valence-electron chi connectivity index (χ1n) is 0.842. The fourth-order valence-electron chi connectivity index (χ4n) is 0. The third-order valence-corrected chi connectivity index (χ3v) is 0.302. The molecule has 0 radical (unpaired) electrons. The lowest BCUT2D eigenvalue weighted by Crippen LogP contribution is -2.23. The maximum atomic E-state index is 9.24. The molecule has 0 aliphatic heterocycles. The van der Waals surface area contributed by atoms with Crippen molar-refractivity contribution >= 4 is 11.3 Å². The second-order valence-electron chi connectivity index (χ2n) is 0.367. The molecular formula is H4N2O2S. The minimum absolute atomic E-state index is 1.56. The van der Waals surface area contributed by atoms with Gasteiger partial charge in [-0.15, -0.1) is 0 Å². The van der Waals surface area contributed by atoms with E-state index in [2.05, 4.69) is 5.84 Å². The summed E-state index contributed by atoms with van der Waals surface area (Å²) in [5.74, 6) is 4.37. The Hall–Kier alpha value is 0.0300. The fraction of sp³-hybridized carbons (Fsp3) is 0. The van der Waals surface area contributed by atoms with Crippen LogP contribution in [-0.4, -0.2) is 8.76 Å². The normalized spacial score (nSPS) is 14.8. The van der Waals surface area contributed by atoms with Gasteiger partial charge in [-0.05, 0) is 0 Å². The Labute approximate surface area is 31.7 Å². The molecule has 0 amide bonds. The quantitative estimate of drug-likeness (QED) is 0.213. The highest BCUT2D eigenvalue weighted by molar-refractivity contribution is 7.77. The molecule has 0 fully saturated rings. The fourth-order valence-corrected chi connectivity index (χ4v) is 0. The highest BCUT2D eigenvalue weighted by Gasteiger charge is 1.73. The van der Waals surface area contributed by atoms with Gasteiger partial charge in [0.2, 0.25) is 11.3 Å². The molecule has 5 heteroatoms. The zero-order valence-corrected chi connectivity index (χ0v) is 3.16. The Morgan fingerprint density at radius 1 is 2.00 bits per heavy atom. The van der Waals surface area contributed by atoms with Gasteiger partial charge in [-0.2, -0.15) is 4.83 Å². The Bertz CT molecular complexity index is 42.9. The molecule has 0 rings (SSSR count). The summed E-state index contributed by atoms with van der Waals surface area (Å²) in [6.07, 6.45) is 0. The lowest BCUT2D eigenvalue weighted by atomic mass is 13.0. The summed E-state index contributed by atoms with van der Waals surface area (Å²) >= 11 is -2.04. The second kappa shape index (κ2) is 2.28. The van der Waals surface area contributed by atoms with Crippen molar-refractivity contribution in [2.75, 3.05) is 0 Å². The Morgan fingerprint density at radius 3 is 2.20 bits per heavy atom. The van der Waals surface area contributed by atoms with Crippen LogP contribution in [0.4, 0.5) is 0 Å². The van der Waals surface area contributed by atoms with Crippen molar-refractivity contribution in [2.45, 2.75) is 0 Å². The molecule has 0 aliphatic carbocycles. The lowest BCUT2D eigenvalue weighted by Gasteiger charge is -1.78. The van der Waals surface area contributed by atoms with Crippen LogP contribution in [0.3, 0.4) is 0 Å². The van der Waals surface area contributed by atoms with E-state index in [0.717, 1.165) is 0 Å². The van der Waals surface area contributed by atoms with Crippen molar-refractivity contribution in [1.82, 2.24) is 4.83 Å². The first-order valence-corrected chi connectivity index (χ1v) is 1.95. The molecule has 0 spiro atoms. The Balaban J connectivity index is 2.85. The molecule has 32 valence electrons. The highest BCUT2D eigenvalue weighted by atomic mass is 32.2. The molecule has 1 atom stereocenters. The average molecular weight is 96.1 g/mol. The van der Waals surface area contributed by atoms with Crippen molar-refractivity contribution in [3.05, 3.63) is 0 Å². The van der Waals surface area contributed by atoms with Gasteiger partial charge in [-0.3, -0.25) is 10.4 Å². The van der Waals surface area contributed by atoms with Crippen LogP contribution in [-0.2, 0) is 11.3 Å². The van der Waals surface area contributed by atoms with Crippen molar-refractivity contribution in [3.8, 4) is 0 Å². The summed E-state index contributed by atoms with van der Waals surface area (Å²) in [5.41, 5.74) is 0. The van der Waals surface area contributed by atoms with E-state index in [4.69, 9.17) is 4.55 Å². The molecule has 4 N–H and O–H groups in total. The predicted octanol–water partition coefficient (Wildman–Crippen LogP) is -1.41. The van der Waals surface area contributed by atoms with Crippen molar-refractivity contribution in [2.24, 2.45) is 5.84 Å². The predicted molar refractivity (Wildman–Crippen MR) is 18.1 cm³/mol. The summed E-state index contributed by atoms with van der Waals surface area (Å²) in [7, 11) is 0. The number of nitrogens with one attached hydrogen (secondary N) is 1. The first kappa shape index (κ1) is 5.03. The van der Waals surface area contributed by atoms with Gasteiger partial charge in [0.15, 0.2) is 0 Å². The topological polar surface area (TPSA) is 75.3 Å². The van der Waals surface area contributed by atoms with Crippen LogP contribution < -0.4 is 10.7 Å². The highest BCUT2D eigenvalue weighted by Crippen LogP contribution is 1.44. The van der Waals surface area contributed by atoms with Gasteiger partial charge in [0, 0.05) is 0 Å². The Morgan fingerprint density at radius 2 is 2.20 bits per heavy atom. The van der Waals surface area contributed by atoms with Gasteiger partial charge < -0.3 is 0 Å². The van der Waals surface area contributed by atoms with Crippen molar-refractivity contribution in [1.29, 1.82) is 0 Å². The molecule has 1 unspecified atom stereocenters. The molecule has 0 bridgehead atoms. The summed E-state index contributed by atoms with van der Waals surface area (Å²) in [5, 5.41) is 0. The lowest BCUT2D eigenvalue weighted by molar-refractivity contribution is 0.551. The minimum Gasteiger partial charge on any atom is -0.293 e. The largest absolute Gasteiger partial charge is 0.293 e. The number of rotatable bonds is 1. The first-order chi connectivity index (χ1) is 2.27. The van der Waals surface area contributed by atoms with Gasteiger partial charge in [-0.1, -0.05) is 0 Å². The van der Waals surface area contributed by atoms with E-state index in [1.165, 1.54) is 0 Å². The molecule has 0 aliphatic rings. The summed E-state index contributed by atoms with van der Waals surface area (Å²) in [6, 6.07) is 0. The number of hydrogen-bond acceptors (Lipinski definition) is 2. The number of nitrogens with two attached hydrogens (primary N) is 1. The molecule has 5 heavy (non-hydrogen) atoms. The van der Waals surface area contributed by atoms with Crippen LogP contribution in [0, 0.1) is 0 Å². The van der Waals surface area contributed by atoms with Gasteiger partial charge in [0.05, 0.1) is 0 Å². The van der Waals surface area contributed by atoms with Gasteiger partial charge in [0.1, 0.15) is 0 Å². The molecule has 0 saturated carbocycles. The van der Waals surface area contributed by atoms with Crippen LogP contribution in [0.15, 0.2) is 0 Å². The molecule has 0 aromatic carbocycles. The summed E-state index contributed by atoms with van der Waals surface area (Å²) in [6.45, 7) is 0.